The van der Waals surface area contributed by atoms with Crippen LogP contribution < -0.4 is 5.56 Å². The van der Waals surface area contributed by atoms with Gasteiger partial charge in [0.1, 0.15) is 16.1 Å². The number of H-pyrrole nitrogens is 1. The second kappa shape index (κ2) is 5.32. The minimum Gasteiger partial charge on any atom is -0.305 e. The smallest absolute Gasteiger partial charge is 0.265 e. The summed E-state index contributed by atoms with van der Waals surface area (Å²) in [6.45, 7) is 1.90. The van der Waals surface area contributed by atoms with Gasteiger partial charge in [-0.15, -0.1) is 0 Å². The van der Waals surface area contributed by atoms with E-state index < -0.39 is 0 Å². The number of aromatic amines is 1. The van der Waals surface area contributed by atoms with Crippen molar-refractivity contribution >= 4 is 31.9 Å². The summed E-state index contributed by atoms with van der Waals surface area (Å²) in [5, 5.41) is 0. The minimum absolute atomic E-state index is 0.270. The number of aryl methyl sites for hydroxylation is 1. The Kier molecular flexibility index (Phi) is 3.97. The van der Waals surface area contributed by atoms with E-state index in [1.54, 1.807) is 6.07 Å². The van der Waals surface area contributed by atoms with Crippen LogP contribution in [0, 0.1) is 5.82 Å². The maximum absolute atomic E-state index is 13.2. The molecule has 0 aliphatic rings. The largest absolute Gasteiger partial charge is 0.305 e. The van der Waals surface area contributed by atoms with Crippen LogP contribution >= 0.6 is 31.9 Å². The monoisotopic (exact) mass is 374 g/mol. The van der Waals surface area contributed by atoms with Crippen molar-refractivity contribution in [1.29, 1.82) is 0 Å². The Bertz CT molecular complexity index is 655. The second-order valence-corrected chi connectivity index (χ2v) is 5.30. The van der Waals surface area contributed by atoms with Gasteiger partial charge < -0.3 is 4.98 Å². The van der Waals surface area contributed by atoms with Gasteiger partial charge >= 0.3 is 0 Å². The molecule has 0 bridgehead atoms. The number of hydrogen-bond donors (Lipinski definition) is 1. The summed E-state index contributed by atoms with van der Waals surface area (Å²) in [7, 11) is 0. The van der Waals surface area contributed by atoms with Crippen LogP contribution in [0.25, 0.3) is 11.4 Å². The van der Waals surface area contributed by atoms with Gasteiger partial charge in [-0.2, -0.15) is 0 Å². The molecular weight excluding hydrogens is 367 g/mol. The molecule has 1 N–H and O–H groups in total. The van der Waals surface area contributed by atoms with Crippen LogP contribution in [0.15, 0.2) is 31.9 Å². The van der Waals surface area contributed by atoms with Gasteiger partial charge in [0.25, 0.3) is 5.56 Å². The highest BCUT2D eigenvalue weighted by atomic mass is 79.9. The maximum Gasteiger partial charge on any atom is 0.265 e. The predicted octanol–water partition coefficient (Wildman–Crippen LogP) is 3.66. The molecule has 0 unspecified atom stereocenters. The third kappa shape index (κ3) is 2.54. The molecule has 2 rings (SSSR count). The highest BCUT2D eigenvalue weighted by Gasteiger charge is 2.11. The van der Waals surface area contributed by atoms with Crippen molar-refractivity contribution in [3.8, 4) is 11.4 Å². The van der Waals surface area contributed by atoms with E-state index in [0.717, 1.165) is 0 Å². The summed E-state index contributed by atoms with van der Waals surface area (Å²) in [6.07, 6.45) is 0.616. The highest BCUT2D eigenvalue weighted by Crippen LogP contribution is 2.26. The van der Waals surface area contributed by atoms with Crippen LogP contribution in [0.4, 0.5) is 4.39 Å². The lowest BCUT2D eigenvalue weighted by atomic mass is 10.2. The molecule has 6 heteroatoms. The fourth-order valence-electron chi connectivity index (χ4n) is 1.55. The summed E-state index contributed by atoms with van der Waals surface area (Å²) >= 11 is 6.50. The van der Waals surface area contributed by atoms with E-state index in [2.05, 4.69) is 41.8 Å². The molecule has 1 heterocycles. The van der Waals surface area contributed by atoms with Crippen LogP contribution in [0.5, 0.6) is 0 Å². The highest BCUT2D eigenvalue weighted by molar-refractivity contribution is 9.10. The molecule has 0 saturated heterocycles. The number of nitrogens with zero attached hydrogens (tertiary/aromatic N) is 1. The first-order chi connectivity index (χ1) is 8.52. The van der Waals surface area contributed by atoms with Crippen LogP contribution in [-0.2, 0) is 6.42 Å². The third-order valence-electron chi connectivity index (χ3n) is 2.45. The molecule has 3 nitrogen and oxygen atoms in total. The minimum atomic E-state index is -0.378. The molecule has 0 aliphatic heterocycles. The third-order valence-corrected chi connectivity index (χ3v) is 3.96. The molecular formula is C12H9Br2FN2O. The Balaban J connectivity index is 2.68. The Labute approximate surface area is 120 Å². The molecule has 0 spiro atoms. The van der Waals surface area contributed by atoms with Crippen molar-refractivity contribution in [2.75, 3.05) is 0 Å². The van der Waals surface area contributed by atoms with Crippen LogP contribution in [0.1, 0.15) is 12.6 Å². The zero-order valence-electron chi connectivity index (χ0n) is 9.43. The van der Waals surface area contributed by atoms with Crippen molar-refractivity contribution in [2.45, 2.75) is 13.3 Å². The van der Waals surface area contributed by atoms with Gasteiger partial charge in [-0.25, -0.2) is 9.37 Å². The zero-order chi connectivity index (χ0) is 13.3. The molecule has 94 valence electrons. The lowest BCUT2D eigenvalue weighted by Crippen LogP contribution is -2.13. The molecule has 0 fully saturated rings. The van der Waals surface area contributed by atoms with E-state index >= 15 is 0 Å². The summed E-state index contributed by atoms with van der Waals surface area (Å²) in [5.74, 6) is -0.0248. The Morgan fingerprint density at radius 2 is 2.11 bits per heavy atom. The molecule has 18 heavy (non-hydrogen) atoms. The SMILES string of the molecule is CCc1nc(-c2cc(F)ccc2Br)[nH]c(=O)c1Br. The standard InChI is InChI=1S/C12H9Br2FN2O/c1-2-9-10(14)12(18)17-11(16-9)7-5-6(15)3-4-8(7)13/h3-5H,2H2,1H3,(H,16,17,18). The average molecular weight is 376 g/mol. The number of rotatable bonds is 2. The summed E-state index contributed by atoms with van der Waals surface area (Å²) < 4.78 is 14.3. The molecule has 0 atom stereocenters. The van der Waals surface area contributed by atoms with Crippen molar-refractivity contribution in [3.05, 3.63) is 49.0 Å². The number of nitrogens with one attached hydrogen (secondary N) is 1. The molecule has 0 aliphatic carbocycles. The quantitative estimate of drug-likeness (QED) is 0.870. The summed E-state index contributed by atoms with van der Waals surface area (Å²) in [4.78, 5) is 18.7. The fraction of sp³-hybridized carbons (Fsp3) is 0.167. The van der Waals surface area contributed by atoms with Gasteiger partial charge in [-0.1, -0.05) is 22.9 Å². The number of benzene rings is 1. The first kappa shape index (κ1) is 13.4. The zero-order valence-corrected chi connectivity index (χ0v) is 12.6. The molecule has 0 amide bonds. The van der Waals surface area contributed by atoms with E-state index in [-0.39, 0.29) is 11.4 Å². The summed E-state index contributed by atoms with van der Waals surface area (Å²) in [5.41, 5.74) is 0.896. The van der Waals surface area contributed by atoms with Crippen LogP contribution in [0.2, 0.25) is 0 Å². The number of hydrogen-bond acceptors (Lipinski definition) is 2. The van der Waals surface area contributed by atoms with Gasteiger partial charge in [-0.05, 0) is 40.5 Å². The van der Waals surface area contributed by atoms with E-state index in [1.165, 1.54) is 12.1 Å². The maximum atomic E-state index is 13.2. The van der Waals surface area contributed by atoms with Crippen LogP contribution in [0.3, 0.4) is 0 Å². The molecule has 0 saturated carbocycles. The van der Waals surface area contributed by atoms with Crippen molar-refractivity contribution < 1.29 is 4.39 Å². The van der Waals surface area contributed by atoms with E-state index in [0.29, 0.717) is 32.4 Å². The van der Waals surface area contributed by atoms with Crippen molar-refractivity contribution in [3.63, 3.8) is 0 Å². The van der Waals surface area contributed by atoms with Gasteiger partial charge in [0.15, 0.2) is 0 Å². The van der Waals surface area contributed by atoms with E-state index in [4.69, 9.17) is 0 Å². The number of aromatic nitrogens is 2. The lowest BCUT2D eigenvalue weighted by Gasteiger charge is -2.07. The summed E-state index contributed by atoms with van der Waals surface area (Å²) in [6, 6.07) is 4.25. The predicted molar refractivity (Wildman–Crippen MR) is 75.0 cm³/mol. The van der Waals surface area contributed by atoms with Crippen molar-refractivity contribution in [1.82, 2.24) is 9.97 Å². The molecule has 2 aromatic rings. The topological polar surface area (TPSA) is 45.8 Å². The fourth-order valence-corrected chi connectivity index (χ4v) is 2.45. The first-order valence-electron chi connectivity index (χ1n) is 5.27. The van der Waals surface area contributed by atoms with Gasteiger partial charge in [0, 0.05) is 10.0 Å². The van der Waals surface area contributed by atoms with Gasteiger partial charge in [-0.3, -0.25) is 4.79 Å². The lowest BCUT2D eigenvalue weighted by molar-refractivity contribution is 0.628. The number of halogens is 3. The second-order valence-electron chi connectivity index (χ2n) is 3.65. The Morgan fingerprint density at radius 1 is 1.39 bits per heavy atom. The van der Waals surface area contributed by atoms with Crippen LogP contribution in [-0.4, -0.2) is 9.97 Å². The van der Waals surface area contributed by atoms with Gasteiger partial charge in [0.05, 0.1) is 5.69 Å². The Hall–Kier alpha value is -1.01. The van der Waals surface area contributed by atoms with E-state index in [9.17, 15) is 9.18 Å². The average Bonchev–Trinajstić information content (AvgIpc) is 2.35. The van der Waals surface area contributed by atoms with E-state index in [1.807, 2.05) is 6.92 Å². The van der Waals surface area contributed by atoms with Crippen molar-refractivity contribution in [2.24, 2.45) is 0 Å². The molecule has 1 aromatic heterocycles. The van der Waals surface area contributed by atoms with Gasteiger partial charge in [0.2, 0.25) is 0 Å². The molecule has 0 radical (unpaired) electrons. The normalized spacial score (nSPS) is 10.7. The first-order valence-corrected chi connectivity index (χ1v) is 6.85. The Morgan fingerprint density at radius 3 is 2.78 bits per heavy atom. The molecule has 1 aromatic carbocycles.